The van der Waals surface area contributed by atoms with Crippen LogP contribution < -0.4 is 15.9 Å². The molecular weight excluding hydrogens is 355 g/mol. The van der Waals surface area contributed by atoms with Crippen molar-refractivity contribution in [2.24, 2.45) is 11.8 Å². The van der Waals surface area contributed by atoms with Gasteiger partial charge in [-0.2, -0.15) is 0 Å². The van der Waals surface area contributed by atoms with Crippen molar-refractivity contribution < 1.29 is 0 Å². The molecule has 0 fully saturated rings. The molecule has 0 radical (unpaired) electrons. The molecular formula is C27H27P. The highest BCUT2D eigenvalue weighted by Gasteiger charge is 2.29. The van der Waals surface area contributed by atoms with E-state index in [2.05, 4.69) is 123 Å². The summed E-state index contributed by atoms with van der Waals surface area (Å²) < 4.78 is 0. The molecule has 0 amide bonds. The summed E-state index contributed by atoms with van der Waals surface area (Å²) in [6, 6.07) is 31.2. The monoisotopic (exact) mass is 382 g/mol. The Hall–Kier alpha value is -2.43. The van der Waals surface area contributed by atoms with Crippen LogP contribution in [0.3, 0.4) is 0 Å². The van der Waals surface area contributed by atoms with Gasteiger partial charge in [0.2, 0.25) is 0 Å². The fourth-order valence-electron chi connectivity index (χ4n) is 4.25. The van der Waals surface area contributed by atoms with Crippen LogP contribution >= 0.6 is 7.92 Å². The summed E-state index contributed by atoms with van der Waals surface area (Å²) in [6.07, 6.45) is 9.10. The van der Waals surface area contributed by atoms with Crippen molar-refractivity contribution >= 4 is 23.8 Å². The Balaban J connectivity index is 1.88. The predicted molar refractivity (Wildman–Crippen MR) is 124 cm³/mol. The summed E-state index contributed by atoms with van der Waals surface area (Å²) >= 11 is 0. The van der Waals surface area contributed by atoms with Gasteiger partial charge in [0.25, 0.3) is 0 Å². The van der Waals surface area contributed by atoms with Crippen molar-refractivity contribution in [2.75, 3.05) is 0 Å². The van der Waals surface area contributed by atoms with E-state index in [0.717, 1.165) is 0 Å². The number of benzene rings is 3. The molecule has 0 saturated carbocycles. The lowest BCUT2D eigenvalue weighted by Crippen LogP contribution is -2.27. The van der Waals surface area contributed by atoms with Crippen LogP contribution in [0.2, 0.25) is 0 Å². The Kier molecular flexibility index (Phi) is 5.89. The first-order valence-electron chi connectivity index (χ1n) is 10.1. The topological polar surface area (TPSA) is 0 Å². The van der Waals surface area contributed by atoms with Gasteiger partial charge in [0.15, 0.2) is 0 Å². The molecule has 4 rings (SSSR count). The maximum Gasteiger partial charge on any atom is 0.00242 e. The molecule has 28 heavy (non-hydrogen) atoms. The Morgan fingerprint density at radius 2 is 1.14 bits per heavy atom. The molecule has 1 atom stereocenters. The minimum absolute atomic E-state index is 0.476. The van der Waals surface area contributed by atoms with Gasteiger partial charge in [-0.05, 0) is 41.2 Å². The Bertz CT molecular complexity index is 902. The lowest BCUT2D eigenvalue weighted by Gasteiger charge is -2.31. The maximum atomic E-state index is 2.36. The summed E-state index contributed by atoms with van der Waals surface area (Å²) in [5.74, 6) is 1.54. The third-order valence-electron chi connectivity index (χ3n) is 5.48. The lowest BCUT2D eigenvalue weighted by molar-refractivity contribution is 0.447. The van der Waals surface area contributed by atoms with Gasteiger partial charge in [-0.25, -0.2) is 0 Å². The van der Waals surface area contributed by atoms with Crippen LogP contribution in [-0.2, 0) is 0 Å². The lowest BCUT2D eigenvalue weighted by atomic mass is 9.79. The van der Waals surface area contributed by atoms with Gasteiger partial charge in [0.1, 0.15) is 0 Å². The van der Waals surface area contributed by atoms with Gasteiger partial charge in [-0.15, -0.1) is 0 Å². The second kappa shape index (κ2) is 8.72. The largest absolute Gasteiger partial charge is 0.0770 e. The molecule has 0 saturated heterocycles. The standard InChI is InChI=1S/C27H27P/c1-21(2)27(22-13-9-10-14-22)25-19-11-12-20-26(25)28(23-15-5-3-6-16-23)24-17-7-4-8-18-24/h3-22,27H,1-2H3/t27-/m0/s1. The summed E-state index contributed by atoms with van der Waals surface area (Å²) in [6.45, 7) is 4.71. The minimum Gasteiger partial charge on any atom is -0.0770 e. The van der Waals surface area contributed by atoms with E-state index < -0.39 is 7.92 Å². The van der Waals surface area contributed by atoms with E-state index in [4.69, 9.17) is 0 Å². The number of hydrogen-bond acceptors (Lipinski definition) is 0. The zero-order valence-corrected chi connectivity index (χ0v) is 17.5. The van der Waals surface area contributed by atoms with E-state index in [0.29, 0.717) is 17.8 Å². The number of hydrogen-bond donors (Lipinski definition) is 0. The van der Waals surface area contributed by atoms with Gasteiger partial charge < -0.3 is 0 Å². The summed E-state index contributed by atoms with van der Waals surface area (Å²) in [5.41, 5.74) is 1.50. The summed E-state index contributed by atoms with van der Waals surface area (Å²) in [7, 11) is -0.587. The molecule has 1 heteroatoms. The van der Waals surface area contributed by atoms with Gasteiger partial charge in [0, 0.05) is 5.92 Å². The molecule has 1 aliphatic rings. The molecule has 0 unspecified atom stereocenters. The highest BCUT2D eigenvalue weighted by atomic mass is 31.1. The molecule has 0 bridgehead atoms. The molecule has 1 aliphatic carbocycles. The summed E-state index contributed by atoms with van der Waals surface area (Å²) in [4.78, 5) is 0. The molecule has 0 aromatic heterocycles. The molecule has 0 spiro atoms. The maximum absolute atomic E-state index is 2.36. The fourth-order valence-corrected chi connectivity index (χ4v) is 6.77. The Labute approximate surface area is 170 Å². The van der Waals surface area contributed by atoms with Crippen LogP contribution in [-0.4, -0.2) is 0 Å². The van der Waals surface area contributed by atoms with Crippen molar-refractivity contribution in [3.05, 3.63) is 115 Å². The third kappa shape index (κ3) is 3.89. The second-order valence-electron chi connectivity index (χ2n) is 7.68. The van der Waals surface area contributed by atoms with Crippen molar-refractivity contribution in [1.82, 2.24) is 0 Å². The highest BCUT2D eigenvalue weighted by molar-refractivity contribution is 7.79. The van der Waals surface area contributed by atoms with E-state index in [1.54, 1.807) is 0 Å². The first-order valence-corrected chi connectivity index (χ1v) is 11.4. The molecule has 3 aromatic carbocycles. The first kappa shape index (κ1) is 18.9. The average molecular weight is 382 g/mol. The van der Waals surface area contributed by atoms with Crippen molar-refractivity contribution in [1.29, 1.82) is 0 Å². The SMILES string of the molecule is CC(C)[C@H](c1ccccc1P(c1ccccc1)c1ccccc1)C1C=CC=C1. The van der Waals surface area contributed by atoms with E-state index in [1.807, 2.05) is 0 Å². The van der Waals surface area contributed by atoms with E-state index in [1.165, 1.54) is 21.5 Å². The normalized spacial score (nSPS) is 14.9. The predicted octanol–water partition coefficient (Wildman–Crippen LogP) is 5.93. The van der Waals surface area contributed by atoms with Gasteiger partial charge >= 0.3 is 0 Å². The second-order valence-corrected chi connectivity index (χ2v) is 9.87. The molecule has 0 nitrogen and oxygen atoms in total. The third-order valence-corrected chi connectivity index (χ3v) is 7.99. The van der Waals surface area contributed by atoms with Crippen LogP contribution in [0.25, 0.3) is 0 Å². The van der Waals surface area contributed by atoms with Gasteiger partial charge in [0.05, 0.1) is 0 Å². The van der Waals surface area contributed by atoms with Crippen molar-refractivity contribution in [2.45, 2.75) is 19.8 Å². The fraction of sp³-hybridized carbons (Fsp3) is 0.185. The Morgan fingerprint density at radius 1 is 0.643 bits per heavy atom. The van der Waals surface area contributed by atoms with Crippen molar-refractivity contribution in [3.63, 3.8) is 0 Å². The quantitative estimate of drug-likeness (QED) is 0.464. The van der Waals surface area contributed by atoms with Gasteiger partial charge in [-0.3, -0.25) is 0 Å². The highest BCUT2D eigenvalue weighted by Crippen LogP contribution is 2.41. The van der Waals surface area contributed by atoms with Crippen LogP contribution in [0.15, 0.2) is 109 Å². The first-order chi connectivity index (χ1) is 13.8. The molecule has 0 N–H and O–H groups in total. The minimum atomic E-state index is -0.587. The van der Waals surface area contributed by atoms with E-state index >= 15 is 0 Å². The van der Waals surface area contributed by atoms with Crippen LogP contribution in [0.4, 0.5) is 0 Å². The average Bonchev–Trinajstić information content (AvgIpc) is 3.25. The Morgan fingerprint density at radius 3 is 1.68 bits per heavy atom. The zero-order chi connectivity index (χ0) is 19.3. The van der Waals surface area contributed by atoms with Crippen LogP contribution in [0, 0.1) is 11.8 Å². The molecule has 3 aromatic rings. The number of rotatable bonds is 6. The molecule has 0 heterocycles. The van der Waals surface area contributed by atoms with Crippen molar-refractivity contribution in [3.8, 4) is 0 Å². The number of allylic oxidation sites excluding steroid dienone is 4. The smallest absolute Gasteiger partial charge is 0.00242 e. The van der Waals surface area contributed by atoms with E-state index in [-0.39, 0.29) is 0 Å². The van der Waals surface area contributed by atoms with Gasteiger partial charge in [-0.1, -0.05) is 123 Å². The van der Waals surface area contributed by atoms with Crippen LogP contribution in [0.1, 0.15) is 25.3 Å². The molecule has 140 valence electrons. The molecule has 0 aliphatic heterocycles. The summed E-state index contributed by atoms with van der Waals surface area (Å²) in [5, 5.41) is 4.31. The van der Waals surface area contributed by atoms with Crippen LogP contribution in [0.5, 0.6) is 0 Å². The zero-order valence-electron chi connectivity index (χ0n) is 16.6. The van der Waals surface area contributed by atoms with E-state index in [9.17, 15) is 0 Å².